The molecular formula is C47H60IrNO3-. The molecule has 2 unspecified atom stereocenters. The van der Waals surface area contributed by atoms with E-state index in [4.69, 9.17) is 9.72 Å². The van der Waals surface area contributed by atoms with Gasteiger partial charge in [0.1, 0.15) is 11.9 Å². The molecule has 1 radical (unpaired) electrons. The number of ether oxygens (including phenoxy) is 1. The number of rotatable bonds is 8. The summed E-state index contributed by atoms with van der Waals surface area (Å²) in [5.74, 6) is 2.95. The average Bonchev–Trinajstić information content (AvgIpc) is 3.53. The van der Waals surface area contributed by atoms with Crippen molar-refractivity contribution in [1.82, 2.24) is 4.98 Å². The predicted molar refractivity (Wildman–Crippen MR) is 212 cm³/mol. The van der Waals surface area contributed by atoms with Gasteiger partial charge in [-0.15, -0.1) is 29.3 Å². The Labute approximate surface area is 327 Å². The second-order valence-electron chi connectivity index (χ2n) is 17.8. The van der Waals surface area contributed by atoms with Crippen LogP contribution < -0.4 is 4.74 Å². The Hall–Kier alpha value is -3.27. The van der Waals surface area contributed by atoms with Gasteiger partial charge < -0.3 is 9.84 Å². The van der Waals surface area contributed by atoms with Gasteiger partial charge in [0.15, 0.2) is 5.78 Å². The molecule has 2 atom stereocenters. The van der Waals surface area contributed by atoms with Gasteiger partial charge in [-0.2, -0.15) is 0 Å². The molecule has 6 rings (SSSR count). The van der Waals surface area contributed by atoms with E-state index in [1.807, 2.05) is 6.07 Å². The van der Waals surface area contributed by atoms with Gasteiger partial charge in [0.25, 0.3) is 0 Å². The van der Waals surface area contributed by atoms with Gasteiger partial charge in [0.05, 0.1) is 11.3 Å². The van der Waals surface area contributed by atoms with E-state index < -0.39 is 0 Å². The van der Waals surface area contributed by atoms with Gasteiger partial charge >= 0.3 is 0 Å². The van der Waals surface area contributed by atoms with Crippen LogP contribution in [0.15, 0.2) is 78.6 Å². The van der Waals surface area contributed by atoms with Crippen LogP contribution in [-0.2, 0) is 35.7 Å². The minimum Gasteiger partial charge on any atom is -0.512 e. The van der Waals surface area contributed by atoms with Crippen molar-refractivity contribution in [2.45, 2.75) is 113 Å². The van der Waals surface area contributed by atoms with Crippen molar-refractivity contribution >= 4 is 16.7 Å². The molecule has 0 saturated heterocycles. The van der Waals surface area contributed by atoms with Crippen molar-refractivity contribution in [2.75, 3.05) is 0 Å². The molecule has 1 aliphatic carbocycles. The maximum atomic E-state index is 12.3. The number of fused-ring (bicyclic) bond motifs is 6. The topological polar surface area (TPSA) is 59.4 Å². The minimum absolute atomic E-state index is 0. The number of para-hydroxylation sites is 2. The molecular weight excluding hydrogens is 819 g/mol. The van der Waals surface area contributed by atoms with Crippen LogP contribution in [0.5, 0.6) is 5.75 Å². The molecule has 5 heteroatoms. The van der Waals surface area contributed by atoms with E-state index in [1.54, 1.807) is 0 Å². The summed E-state index contributed by atoms with van der Waals surface area (Å²) in [6, 6.07) is 27.1. The van der Waals surface area contributed by atoms with Gasteiger partial charge in [-0.25, -0.2) is 0 Å². The summed E-state index contributed by atoms with van der Waals surface area (Å²) in [5.41, 5.74) is 8.32. The van der Waals surface area contributed by atoms with Gasteiger partial charge in [-0.3, -0.25) is 9.78 Å². The van der Waals surface area contributed by atoms with Gasteiger partial charge in [-0.05, 0) is 57.9 Å². The number of carbonyl (C=O) groups excluding carboxylic acids is 1. The van der Waals surface area contributed by atoms with Crippen LogP contribution in [0.3, 0.4) is 0 Å². The Morgan fingerprint density at radius 2 is 1.42 bits per heavy atom. The number of carbonyl (C=O) groups is 1. The fourth-order valence-corrected chi connectivity index (χ4v) is 9.17. The van der Waals surface area contributed by atoms with Crippen molar-refractivity contribution in [1.29, 1.82) is 0 Å². The third-order valence-electron chi connectivity index (χ3n) is 11.2. The van der Waals surface area contributed by atoms with Crippen molar-refractivity contribution in [3.8, 4) is 17.0 Å². The standard InChI is InChI=1S/C30H28NO.C17H32O2.Ir/c1-29(2,3)22-17-24(31-23-15-8-6-11-18(22)23)19-13-10-14-21-26(19)30(4,5)27-20-12-7-9-16-25(20)32-28(21)27;1-10(2)16(11(3)4)14(18)9-15(19)17(12(5)6)13(7)8;/h6-12,14-17,27-28H,1-5H3;9-13,16-18H,1-8H3;/q-1;;/b;14-9-;. The number of aliphatic hydroxyl groups is 1. The first-order chi connectivity index (χ1) is 23.9. The fraction of sp³-hybridized carbons (Fsp3) is 0.489. The summed E-state index contributed by atoms with van der Waals surface area (Å²) in [7, 11) is 0. The number of aliphatic hydroxyl groups excluding tert-OH is 1. The maximum absolute atomic E-state index is 12.3. The molecule has 4 aromatic rings. The van der Waals surface area contributed by atoms with E-state index in [-0.39, 0.29) is 60.4 Å². The molecule has 1 aliphatic heterocycles. The van der Waals surface area contributed by atoms with Crippen LogP contribution >= 0.6 is 0 Å². The number of pyridine rings is 1. The van der Waals surface area contributed by atoms with Crippen LogP contribution in [0.25, 0.3) is 22.2 Å². The molecule has 2 aliphatic rings. The van der Waals surface area contributed by atoms with Crippen LogP contribution in [0.1, 0.15) is 124 Å². The normalized spacial score (nSPS) is 17.6. The molecule has 3 aromatic carbocycles. The summed E-state index contributed by atoms with van der Waals surface area (Å²) >= 11 is 0. The first kappa shape index (κ1) is 41.5. The molecule has 4 nitrogen and oxygen atoms in total. The smallest absolute Gasteiger partial charge is 0.162 e. The molecule has 0 fully saturated rings. The van der Waals surface area contributed by atoms with Crippen molar-refractivity contribution in [3.63, 3.8) is 0 Å². The molecule has 2 heterocycles. The van der Waals surface area contributed by atoms with Gasteiger partial charge in [0.2, 0.25) is 0 Å². The number of ketones is 1. The van der Waals surface area contributed by atoms with E-state index in [9.17, 15) is 9.90 Å². The van der Waals surface area contributed by atoms with E-state index in [0.717, 1.165) is 22.5 Å². The summed E-state index contributed by atoms with van der Waals surface area (Å²) in [5, 5.41) is 11.5. The second-order valence-corrected chi connectivity index (χ2v) is 17.8. The van der Waals surface area contributed by atoms with Crippen molar-refractivity contribution < 1.29 is 34.7 Å². The molecule has 0 saturated carbocycles. The Morgan fingerprint density at radius 3 is 2.02 bits per heavy atom. The molecule has 0 spiro atoms. The number of hydrogen-bond donors (Lipinski definition) is 1. The Balaban J connectivity index is 0.000000263. The second kappa shape index (κ2) is 16.0. The number of benzene rings is 3. The third-order valence-corrected chi connectivity index (χ3v) is 11.2. The van der Waals surface area contributed by atoms with Crippen LogP contribution in [0, 0.1) is 41.6 Å². The number of allylic oxidation sites excluding steroid dienone is 2. The van der Waals surface area contributed by atoms with Crippen LogP contribution in [0.2, 0.25) is 0 Å². The van der Waals surface area contributed by atoms with Crippen LogP contribution in [-0.4, -0.2) is 15.9 Å². The minimum atomic E-state index is -0.0884. The number of nitrogens with zero attached hydrogens (tertiary/aromatic N) is 1. The maximum Gasteiger partial charge on any atom is 0.162 e. The Bertz CT molecular complexity index is 1900. The van der Waals surface area contributed by atoms with Crippen molar-refractivity contribution in [3.05, 3.63) is 107 Å². The summed E-state index contributed by atoms with van der Waals surface area (Å²) < 4.78 is 6.50. The predicted octanol–water partition coefficient (Wildman–Crippen LogP) is 12.4. The Kier molecular flexibility index (Phi) is 12.8. The van der Waals surface area contributed by atoms with Crippen LogP contribution in [0.4, 0.5) is 0 Å². The molecule has 0 amide bonds. The monoisotopic (exact) mass is 879 g/mol. The molecule has 0 bridgehead atoms. The fourth-order valence-electron chi connectivity index (χ4n) is 9.17. The summed E-state index contributed by atoms with van der Waals surface area (Å²) in [6.07, 6.45) is 1.53. The van der Waals surface area contributed by atoms with E-state index >= 15 is 0 Å². The van der Waals surface area contributed by atoms with Gasteiger partial charge in [0, 0.05) is 54.9 Å². The van der Waals surface area contributed by atoms with E-state index in [1.165, 1.54) is 33.7 Å². The first-order valence-electron chi connectivity index (χ1n) is 19.0. The SMILES string of the molecule is CC(C)(C)c1cc(-c2[c-]ccc3c2C(C)(C)C2c4ccccc4OC32)nc2ccccc12.CC(C)C(C(=O)/C=C(\O)C(C(C)C)C(C)C)C(C)C.[Ir]. The average molecular weight is 879 g/mol. The largest absolute Gasteiger partial charge is 0.512 e. The third kappa shape index (κ3) is 7.97. The van der Waals surface area contributed by atoms with Gasteiger partial charge in [-0.1, -0.05) is 138 Å². The first-order valence-corrected chi connectivity index (χ1v) is 19.0. The zero-order chi connectivity index (χ0) is 37.6. The van der Waals surface area contributed by atoms with E-state index in [2.05, 4.69) is 157 Å². The number of hydrogen-bond acceptors (Lipinski definition) is 4. The molecule has 1 N–H and O–H groups in total. The quantitative estimate of drug-likeness (QED) is 0.109. The Morgan fingerprint density at radius 1 is 0.846 bits per heavy atom. The number of aromatic nitrogens is 1. The molecule has 281 valence electrons. The zero-order valence-electron chi connectivity index (χ0n) is 33.6. The molecule has 52 heavy (non-hydrogen) atoms. The zero-order valence-corrected chi connectivity index (χ0v) is 36.0. The molecule has 1 aromatic heterocycles. The van der Waals surface area contributed by atoms with Crippen molar-refractivity contribution in [2.24, 2.45) is 35.5 Å². The van der Waals surface area contributed by atoms with E-state index in [0.29, 0.717) is 29.6 Å². The summed E-state index contributed by atoms with van der Waals surface area (Å²) in [6.45, 7) is 28.1. The summed E-state index contributed by atoms with van der Waals surface area (Å²) in [4.78, 5) is 17.5.